The summed E-state index contributed by atoms with van der Waals surface area (Å²) in [5.41, 5.74) is 0.769. The van der Waals surface area contributed by atoms with Gasteiger partial charge in [-0.3, -0.25) is 4.79 Å². The van der Waals surface area contributed by atoms with Gasteiger partial charge in [-0.2, -0.15) is 0 Å². The Morgan fingerprint density at radius 1 is 0.909 bits per heavy atom. The average Bonchev–Trinajstić information content (AvgIpc) is 2.79. The monoisotopic (exact) mass is 480 g/mol. The molecule has 9 nitrogen and oxygen atoms in total. The first-order valence-corrected chi connectivity index (χ1v) is 12.3. The number of sulfonamides is 1. The predicted octanol–water partition coefficient (Wildman–Crippen LogP) is 3.45. The quantitative estimate of drug-likeness (QED) is 0.398. The molecule has 0 fully saturated rings. The van der Waals surface area contributed by atoms with Gasteiger partial charge in [-0.1, -0.05) is 0 Å². The SMILES string of the molecule is CCOc1cc(C(=O)Nc2ccc(S(=O)(=O)NCCCOC)cc2)cc(OCC)c1OCC. The van der Waals surface area contributed by atoms with Crippen molar-refractivity contribution >= 4 is 21.6 Å². The highest BCUT2D eigenvalue weighted by atomic mass is 32.2. The van der Waals surface area contributed by atoms with Crippen molar-refractivity contribution in [2.24, 2.45) is 0 Å². The van der Waals surface area contributed by atoms with E-state index in [0.29, 0.717) is 61.3 Å². The molecule has 0 spiro atoms. The molecular weight excluding hydrogens is 448 g/mol. The van der Waals surface area contributed by atoms with Crippen LogP contribution in [-0.2, 0) is 14.8 Å². The van der Waals surface area contributed by atoms with E-state index in [9.17, 15) is 13.2 Å². The number of anilines is 1. The molecule has 0 aromatic heterocycles. The van der Waals surface area contributed by atoms with E-state index in [1.807, 2.05) is 20.8 Å². The molecule has 2 aromatic rings. The van der Waals surface area contributed by atoms with E-state index < -0.39 is 15.9 Å². The summed E-state index contributed by atoms with van der Waals surface area (Å²) >= 11 is 0. The second kappa shape index (κ2) is 13.0. The zero-order valence-electron chi connectivity index (χ0n) is 19.5. The third kappa shape index (κ3) is 7.62. The maximum Gasteiger partial charge on any atom is 0.255 e. The number of hydrogen-bond acceptors (Lipinski definition) is 7. The molecule has 33 heavy (non-hydrogen) atoms. The van der Waals surface area contributed by atoms with E-state index >= 15 is 0 Å². The van der Waals surface area contributed by atoms with Crippen molar-refractivity contribution in [2.45, 2.75) is 32.1 Å². The first-order valence-electron chi connectivity index (χ1n) is 10.8. The third-order valence-corrected chi connectivity index (χ3v) is 5.89. The lowest BCUT2D eigenvalue weighted by atomic mass is 10.1. The number of benzene rings is 2. The smallest absolute Gasteiger partial charge is 0.255 e. The molecule has 0 unspecified atom stereocenters. The summed E-state index contributed by atoms with van der Waals surface area (Å²) in [4.78, 5) is 13.0. The molecule has 10 heteroatoms. The molecule has 0 atom stereocenters. The number of rotatable bonds is 14. The van der Waals surface area contributed by atoms with E-state index in [4.69, 9.17) is 18.9 Å². The van der Waals surface area contributed by atoms with Crippen molar-refractivity contribution in [3.63, 3.8) is 0 Å². The van der Waals surface area contributed by atoms with Crippen LogP contribution < -0.4 is 24.2 Å². The highest BCUT2D eigenvalue weighted by molar-refractivity contribution is 7.89. The van der Waals surface area contributed by atoms with Gasteiger partial charge in [0.05, 0.1) is 24.7 Å². The topological polar surface area (TPSA) is 112 Å². The molecule has 2 aromatic carbocycles. The van der Waals surface area contributed by atoms with Crippen molar-refractivity contribution in [2.75, 3.05) is 45.4 Å². The van der Waals surface area contributed by atoms with Gasteiger partial charge in [0.25, 0.3) is 5.91 Å². The molecule has 0 aliphatic carbocycles. The number of methoxy groups -OCH3 is 1. The molecule has 2 rings (SSSR count). The van der Waals surface area contributed by atoms with Crippen LogP contribution in [0.4, 0.5) is 5.69 Å². The molecule has 0 saturated carbocycles. The van der Waals surface area contributed by atoms with Gasteiger partial charge in [0.15, 0.2) is 11.5 Å². The Labute approximate surface area is 195 Å². The number of nitrogens with one attached hydrogen (secondary N) is 2. The number of carbonyl (C=O) groups excluding carboxylic acids is 1. The van der Waals surface area contributed by atoms with Crippen LogP contribution in [0.5, 0.6) is 17.2 Å². The lowest BCUT2D eigenvalue weighted by Crippen LogP contribution is -2.25. The van der Waals surface area contributed by atoms with Gasteiger partial charge in [-0.25, -0.2) is 13.1 Å². The fourth-order valence-corrected chi connectivity index (χ4v) is 4.02. The van der Waals surface area contributed by atoms with Crippen LogP contribution in [0.15, 0.2) is 41.3 Å². The molecule has 0 heterocycles. The maximum atomic E-state index is 12.9. The molecule has 182 valence electrons. The second-order valence-electron chi connectivity index (χ2n) is 6.82. The maximum absolute atomic E-state index is 12.9. The largest absolute Gasteiger partial charge is 0.490 e. The van der Waals surface area contributed by atoms with E-state index in [-0.39, 0.29) is 11.4 Å². The van der Waals surface area contributed by atoms with Crippen LogP contribution >= 0.6 is 0 Å². The molecule has 0 bridgehead atoms. The fraction of sp³-hybridized carbons (Fsp3) is 0.435. The second-order valence-corrected chi connectivity index (χ2v) is 8.59. The summed E-state index contributed by atoms with van der Waals surface area (Å²) in [5.74, 6) is 0.881. The Morgan fingerprint density at radius 2 is 1.48 bits per heavy atom. The minimum absolute atomic E-state index is 0.108. The van der Waals surface area contributed by atoms with Crippen molar-refractivity contribution < 1.29 is 32.2 Å². The van der Waals surface area contributed by atoms with Gasteiger partial charge in [-0.05, 0) is 63.6 Å². The summed E-state index contributed by atoms with van der Waals surface area (Å²) in [6, 6.07) is 9.11. The van der Waals surface area contributed by atoms with Gasteiger partial charge < -0.3 is 24.3 Å². The van der Waals surface area contributed by atoms with Crippen LogP contribution in [0, 0.1) is 0 Å². The molecule has 0 saturated heterocycles. The summed E-state index contributed by atoms with van der Waals surface area (Å²) in [6.07, 6.45) is 0.569. The lowest BCUT2D eigenvalue weighted by molar-refractivity contribution is 0.102. The summed E-state index contributed by atoms with van der Waals surface area (Å²) in [7, 11) is -2.08. The number of amides is 1. The first kappa shape index (κ1) is 26.4. The lowest BCUT2D eigenvalue weighted by Gasteiger charge is -2.17. The van der Waals surface area contributed by atoms with Crippen LogP contribution in [-0.4, -0.2) is 54.4 Å². The van der Waals surface area contributed by atoms with Gasteiger partial charge in [0, 0.05) is 31.5 Å². The first-order chi connectivity index (χ1) is 15.9. The number of carbonyl (C=O) groups is 1. The Hall–Kier alpha value is -2.82. The Morgan fingerprint density at radius 3 is 2.00 bits per heavy atom. The summed E-state index contributed by atoms with van der Waals surface area (Å²) in [6.45, 7) is 7.48. The number of hydrogen-bond donors (Lipinski definition) is 2. The van der Waals surface area contributed by atoms with E-state index in [0.717, 1.165) is 0 Å². The van der Waals surface area contributed by atoms with E-state index in [1.54, 1.807) is 19.2 Å². The van der Waals surface area contributed by atoms with Crippen LogP contribution in [0.25, 0.3) is 0 Å². The molecular formula is C23H32N2O7S. The highest BCUT2D eigenvalue weighted by Gasteiger charge is 2.19. The average molecular weight is 481 g/mol. The molecule has 0 radical (unpaired) electrons. The zero-order valence-corrected chi connectivity index (χ0v) is 20.3. The van der Waals surface area contributed by atoms with Crippen molar-refractivity contribution in [1.29, 1.82) is 0 Å². The molecule has 1 amide bonds. The Kier molecular flexibility index (Phi) is 10.4. The standard InChI is InChI=1S/C23H32N2O7S/c1-5-30-20-15-17(16-21(31-6-2)22(20)32-7-3)23(26)25-18-9-11-19(12-10-18)33(27,28)24-13-8-14-29-4/h9-12,15-16,24H,5-8,13-14H2,1-4H3,(H,25,26). The number of ether oxygens (including phenoxy) is 4. The third-order valence-electron chi connectivity index (χ3n) is 4.41. The van der Waals surface area contributed by atoms with Crippen molar-refractivity contribution in [3.8, 4) is 17.2 Å². The summed E-state index contributed by atoms with van der Waals surface area (Å²) < 4.78 is 49.1. The van der Waals surface area contributed by atoms with Gasteiger partial charge in [0.1, 0.15) is 0 Å². The van der Waals surface area contributed by atoms with Crippen LogP contribution in [0.1, 0.15) is 37.6 Å². The Bertz CT molecular complexity index is 981. The molecule has 0 aliphatic heterocycles. The minimum Gasteiger partial charge on any atom is -0.490 e. The van der Waals surface area contributed by atoms with E-state index in [2.05, 4.69) is 10.0 Å². The fourth-order valence-electron chi connectivity index (χ4n) is 2.95. The van der Waals surface area contributed by atoms with Crippen molar-refractivity contribution in [1.82, 2.24) is 4.72 Å². The van der Waals surface area contributed by atoms with Crippen LogP contribution in [0.3, 0.4) is 0 Å². The normalized spacial score (nSPS) is 11.2. The zero-order chi connectivity index (χ0) is 24.3. The van der Waals surface area contributed by atoms with Gasteiger partial charge in [0.2, 0.25) is 15.8 Å². The minimum atomic E-state index is -3.64. The molecule has 2 N–H and O–H groups in total. The highest BCUT2D eigenvalue weighted by Crippen LogP contribution is 2.39. The molecule has 0 aliphatic rings. The Balaban J connectivity index is 2.18. The summed E-state index contributed by atoms with van der Waals surface area (Å²) in [5, 5.41) is 2.76. The predicted molar refractivity (Wildman–Crippen MR) is 126 cm³/mol. The van der Waals surface area contributed by atoms with Crippen LogP contribution in [0.2, 0.25) is 0 Å². The van der Waals surface area contributed by atoms with Crippen molar-refractivity contribution in [3.05, 3.63) is 42.0 Å². The van der Waals surface area contributed by atoms with Gasteiger partial charge in [-0.15, -0.1) is 0 Å². The van der Waals surface area contributed by atoms with Gasteiger partial charge >= 0.3 is 0 Å². The van der Waals surface area contributed by atoms with E-state index in [1.165, 1.54) is 24.3 Å².